The van der Waals surface area contributed by atoms with E-state index in [1.54, 1.807) is 0 Å². The van der Waals surface area contributed by atoms with Crippen molar-refractivity contribution in [3.63, 3.8) is 0 Å². The molecule has 1 aromatic heterocycles. The van der Waals surface area contributed by atoms with Crippen LogP contribution in [0.3, 0.4) is 0 Å². The van der Waals surface area contributed by atoms with Crippen molar-refractivity contribution in [3.8, 4) is 0 Å². The molecule has 0 bridgehead atoms. The Morgan fingerprint density at radius 2 is 2.29 bits per heavy atom. The molecular weight excluding hydrogens is 288 g/mol. The molecule has 0 aliphatic carbocycles. The topological polar surface area (TPSA) is 78.4 Å². The Morgan fingerprint density at radius 3 is 3.00 bits per heavy atom. The number of hydrogen-bond acceptors (Lipinski definition) is 4. The molecule has 3 rings (SSSR count). The van der Waals surface area contributed by atoms with Crippen molar-refractivity contribution in [1.82, 2.24) is 10.6 Å². The molecule has 0 saturated carbocycles. The molecule has 3 N–H and O–H groups in total. The van der Waals surface area contributed by atoms with E-state index in [9.17, 15) is 14.7 Å². The Kier molecular flexibility index (Phi) is 3.90. The van der Waals surface area contributed by atoms with Gasteiger partial charge in [0.2, 0.25) is 11.8 Å². The summed E-state index contributed by atoms with van der Waals surface area (Å²) < 4.78 is 1.11. The minimum atomic E-state index is -0.733. The van der Waals surface area contributed by atoms with Crippen LogP contribution < -0.4 is 10.6 Å². The molecule has 6 heteroatoms. The van der Waals surface area contributed by atoms with Gasteiger partial charge in [-0.25, -0.2) is 0 Å². The van der Waals surface area contributed by atoms with Gasteiger partial charge in [0.15, 0.2) is 0 Å². The minimum Gasteiger partial charge on any atom is -0.386 e. The van der Waals surface area contributed by atoms with Crippen LogP contribution in [0.25, 0.3) is 10.1 Å². The summed E-state index contributed by atoms with van der Waals surface area (Å²) in [5.41, 5.74) is 0. The molecule has 2 amide bonds. The normalized spacial score (nSPS) is 19.5. The van der Waals surface area contributed by atoms with Crippen LogP contribution >= 0.6 is 11.3 Å². The lowest BCUT2D eigenvalue weighted by atomic mass is 10.2. The predicted octanol–water partition coefficient (Wildman–Crippen LogP) is 1.33. The molecule has 21 heavy (non-hydrogen) atoms. The number of carbonyl (C=O) groups is 2. The number of aliphatic hydroxyl groups is 1. The van der Waals surface area contributed by atoms with Crippen molar-refractivity contribution >= 4 is 33.2 Å². The van der Waals surface area contributed by atoms with Crippen LogP contribution in [-0.4, -0.2) is 29.5 Å². The lowest BCUT2D eigenvalue weighted by Crippen LogP contribution is -2.42. The molecule has 1 aliphatic rings. The average Bonchev–Trinajstić information content (AvgIpc) is 3.10. The first-order chi connectivity index (χ1) is 10.1. The van der Waals surface area contributed by atoms with Crippen LogP contribution in [0, 0.1) is 0 Å². The fourth-order valence-corrected chi connectivity index (χ4v) is 3.45. The average molecular weight is 304 g/mol. The number of benzene rings is 1. The number of nitrogens with one attached hydrogen (secondary N) is 2. The zero-order chi connectivity index (χ0) is 14.8. The Bertz CT molecular complexity index is 649. The Balaban J connectivity index is 1.59. The van der Waals surface area contributed by atoms with Gasteiger partial charge in [-0.1, -0.05) is 18.2 Å². The maximum atomic E-state index is 11.9. The second kappa shape index (κ2) is 5.83. The summed E-state index contributed by atoms with van der Waals surface area (Å²) in [5, 5.41) is 16.6. The summed E-state index contributed by atoms with van der Waals surface area (Å²) in [6, 6.07) is 9.38. The predicted molar refractivity (Wildman–Crippen MR) is 81.0 cm³/mol. The highest BCUT2D eigenvalue weighted by molar-refractivity contribution is 7.19. The van der Waals surface area contributed by atoms with E-state index in [0.717, 1.165) is 15.0 Å². The van der Waals surface area contributed by atoms with Gasteiger partial charge in [0.05, 0.1) is 0 Å². The largest absolute Gasteiger partial charge is 0.386 e. The van der Waals surface area contributed by atoms with E-state index in [1.807, 2.05) is 30.3 Å². The second-order valence-corrected chi connectivity index (χ2v) is 6.22. The van der Waals surface area contributed by atoms with Gasteiger partial charge >= 0.3 is 0 Å². The van der Waals surface area contributed by atoms with Gasteiger partial charge < -0.3 is 15.7 Å². The van der Waals surface area contributed by atoms with Gasteiger partial charge in [-0.05, 0) is 23.9 Å². The SMILES string of the molecule is O=C1CC[C@H](C(=O)NC[C@@H](O)c2cc3ccccc3s2)N1. The fourth-order valence-electron chi connectivity index (χ4n) is 2.40. The van der Waals surface area contributed by atoms with Gasteiger partial charge in [0.25, 0.3) is 0 Å². The maximum absolute atomic E-state index is 11.9. The highest BCUT2D eigenvalue weighted by atomic mass is 32.1. The first-order valence-corrected chi connectivity index (χ1v) is 7.69. The molecule has 1 saturated heterocycles. The number of thiophene rings is 1. The van der Waals surface area contributed by atoms with E-state index in [0.29, 0.717) is 12.8 Å². The summed E-state index contributed by atoms with van der Waals surface area (Å²) in [6.07, 6.45) is 0.170. The zero-order valence-corrected chi connectivity index (χ0v) is 12.2. The molecule has 5 nitrogen and oxygen atoms in total. The Labute approximate surface area is 126 Å². The van der Waals surface area contributed by atoms with Gasteiger partial charge in [-0.15, -0.1) is 11.3 Å². The number of aliphatic hydroxyl groups excluding tert-OH is 1. The van der Waals surface area contributed by atoms with Crippen molar-refractivity contribution in [2.24, 2.45) is 0 Å². The van der Waals surface area contributed by atoms with E-state index in [4.69, 9.17) is 0 Å². The van der Waals surface area contributed by atoms with Gasteiger partial charge in [-0.3, -0.25) is 9.59 Å². The number of amides is 2. The van der Waals surface area contributed by atoms with E-state index < -0.39 is 12.1 Å². The third-order valence-electron chi connectivity index (χ3n) is 3.55. The van der Waals surface area contributed by atoms with Crippen LogP contribution in [0.4, 0.5) is 0 Å². The number of carbonyl (C=O) groups excluding carboxylic acids is 2. The van der Waals surface area contributed by atoms with Crippen LogP contribution in [0.15, 0.2) is 30.3 Å². The quantitative estimate of drug-likeness (QED) is 0.797. The standard InChI is InChI=1S/C15H16N2O3S/c18-11(8-16-15(20)10-5-6-14(19)17-10)13-7-9-3-1-2-4-12(9)21-13/h1-4,7,10-11,18H,5-6,8H2,(H,16,20)(H,17,19)/t10-,11-/m1/s1. The second-order valence-electron chi connectivity index (χ2n) is 5.11. The summed E-state index contributed by atoms with van der Waals surface area (Å²) in [4.78, 5) is 23.8. The van der Waals surface area contributed by atoms with E-state index in [2.05, 4.69) is 10.6 Å². The zero-order valence-electron chi connectivity index (χ0n) is 11.3. The van der Waals surface area contributed by atoms with Gasteiger partial charge in [-0.2, -0.15) is 0 Å². The summed E-state index contributed by atoms with van der Waals surface area (Å²) in [6.45, 7) is 0.151. The number of rotatable bonds is 4. The molecule has 0 spiro atoms. The van der Waals surface area contributed by atoms with Crippen LogP contribution in [0.1, 0.15) is 23.8 Å². The van der Waals surface area contributed by atoms with Crippen molar-refractivity contribution in [3.05, 3.63) is 35.2 Å². The summed E-state index contributed by atoms with van der Waals surface area (Å²) in [5.74, 6) is -0.332. The van der Waals surface area contributed by atoms with Crippen LogP contribution in [-0.2, 0) is 9.59 Å². The molecule has 110 valence electrons. The lowest BCUT2D eigenvalue weighted by Gasteiger charge is -2.13. The number of hydrogen-bond donors (Lipinski definition) is 3. The summed E-state index contributed by atoms with van der Waals surface area (Å²) >= 11 is 1.52. The number of fused-ring (bicyclic) bond motifs is 1. The smallest absolute Gasteiger partial charge is 0.242 e. The van der Waals surface area contributed by atoms with E-state index in [-0.39, 0.29) is 18.4 Å². The molecule has 0 radical (unpaired) electrons. The molecule has 2 heterocycles. The van der Waals surface area contributed by atoms with Crippen molar-refractivity contribution in [1.29, 1.82) is 0 Å². The molecule has 1 aliphatic heterocycles. The van der Waals surface area contributed by atoms with Crippen LogP contribution in [0.2, 0.25) is 0 Å². The van der Waals surface area contributed by atoms with Crippen LogP contribution in [0.5, 0.6) is 0 Å². The van der Waals surface area contributed by atoms with Crippen molar-refractivity contribution in [2.75, 3.05) is 6.54 Å². The van der Waals surface area contributed by atoms with Gasteiger partial charge in [0, 0.05) is 22.5 Å². The highest BCUT2D eigenvalue weighted by Crippen LogP contribution is 2.29. The first-order valence-electron chi connectivity index (χ1n) is 6.87. The molecular formula is C15H16N2O3S. The van der Waals surface area contributed by atoms with Crippen molar-refractivity contribution in [2.45, 2.75) is 25.0 Å². The minimum absolute atomic E-state index is 0.0970. The molecule has 0 unspecified atom stereocenters. The van der Waals surface area contributed by atoms with E-state index in [1.165, 1.54) is 11.3 Å². The molecule has 1 aromatic carbocycles. The summed E-state index contributed by atoms with van der Waals surface area (Å²) in [7, 11) is 0. The van der Waals surface area contributed by atoms with E-state index >= 15 is 0 Å². The molecule has 2 atom stereocenters. The molecule has 1 fully saturated rings. The Hall–Kier alpha value is -1.92. The maximum Gasteiger partial charge on any atom is 0.242 e. The first kappa shape index (κ1) is 14.0. The van der Waals surface area contributed by atoms with Gasteiger partial charge in [0.1, 0.15) is 12.1 Å². The highest BCUT2D eigenvalue weighted by Gasteiger charge is 2.27. The fraction of sp³-hybridized carbons (Fsp3) is 0.333. The third-order valence-corrected chi connectivity index (χ3v) is 4.77. The monoisotopic (exact) mass is 304 g/mol. The van der Waals surface area contributed by atoms with Crippen molar-refractivity contribution < 1.29 is 14.7 Å². The lowest BCUT2D eigenvalue weighted by molar-refractivity contribution is -0.126. The Morgan fingerprint density at radius 1 is 1.48 bits per heavy atom. The molecule has 2 aromatic rings. The third kappa shape index (κ3) is 3.06.